The quantitative estimate of drug-likeness (QED) is 0.679. The summed E-state index contributed by atoms with van der Waals surface area (Å²) < 4.78 is 0. The van der Waals surface area contributed by atoms with Crippen molar-refractivity contribution in [2.24, 2.45) is 11.8 Å². The van der Waals surface area contributed by atoms with Crippen LogP contribution in [0.15, 0.2) is 0 Å². The number of piperidine rings is 1. The minimum Gasteiger partial charge on any atom is -0.393 e. The highest BCUT2D eigenvalue weighted by Crippen LogP contribution is 2.23. The lowest BCUT2D eigenvalue weighted by atomic mass is 9.87. The second kappa shape index (κ2) is 6.36. The molecule has 0 radical (unpaired) electrons. The van der Waals surface area contributed by atoms with Gasteiger partial charge in [-0.3, -0.25) is 4.79 Å². The predicted octanol–water partition coefficient (Wildman–Crippen LogP) is 0.653. The van der Waals surface area contributed by atoms with E-state index in [9.17, 15) is 9.90 Å². The van der Waals surface area contributed by atoms with Gasteiger partial charge in [0.15, 0.2) is 0 Å². The summed E-state index contributed by atoms with van der Waals surface area (Å²) in [7, 11) is 0. The third kappa shape index (κ3) is 3.96. The first kappa shape index (κ1) is 12.8. The van der Waals surface area contributed by atoms with Gasteiger partial charge in [0.1, 0.15) is 0 Å². The average Bonchev–Trinajstić information content (AvgIpc) is 2.37. The van der Waals surface area contributed by atoms with Gasteiger partial charge in [0.05, 0.1) is 12.0 Å². The minimum absolute atomic E-state index is 0.150. The highest BCUT2D eigenvalue weighted by molar-refractivity contribution is 5.78. The van der Waals surface area contributed by atoms with Gasteiger partial charge in [-0.05, 0) is 44.6 Å². The molecule has 3 N–H and O–H groups in total. The first-order valence-electron chi connectivity index (χ1n) is 6.92. The summed E-state index contributed by atoms with van der Waals surface area (Å²) in [5.41, 5.74) is 0. The molecule has 0 aromatic heterocycles. The van der Waals surface area contributed by atoms with E-state index in [4.69, 9.17) is 0 Å². The van der Waals surface area contributed by atoms with Crippen molar-refractivity contribution in [3.05, 3.63) is 0 Å². The lowest BCUT2D eigenvalue weighted by Crippen LogP contribution is -2.42. The molecule has 4 heteroatoms. The number of aliphatic hydroxyl groups excluding tert-OH is 1. The Morgan fingerprint density at radius 2 is 2.18 bits per heavy atom. The van der Waals surface area contributed by atoms with Gasteiger partial charge in [-0.15, -0.1) is 0 Å². The third-order valence-electron chi connectivity index (χ3n) is 3.99. The molecule has 1 heterocycles. The topological polar surface area (TPSA) is 61.4 Å². The fraction of sp³-hybridized carbons (Fsp3) is 0.923. The molecular weight excluding hydrogens is 216 g/mol. The SMILES string of the molecule is O=C(NCC1CCCC(O)C1)[C@H]1CCCNC1. The second-order valence-electron chi connectivity index (χ2n) is 5.47. The fourth-order valence-corrected chi connectivity index (χ4v) is 2.91. The molecule has 0 bridgehead atoms. The Morgan fingerprint density at radius 1 is 1.29 bits per heavy atom. The number of hydrogen-bond acceptors (Lipinski definition) is 3. The van der Waals surface area contributed by atoms with Crippen LogP contribution in [-0.4, -0.2) is 36.8 Å². The number of carbonyl (C=O) groups excluding carboxylic acids is 1. The van der Waals surface area contributed by atoms with Crippen LogP contribution in [0.1, 0.15) is 38.5 Å². The molecule has 0 spiro atoms. The van der Waals surface area contributed by atoms with Crippen molar-refractivity contribution in [2.75, 3.05) is 19.6 Å². The van der Waals surface area contributed by atoms with Crippen molar-refractivity contribution in [2.45, 2.75) is 44.6 Å². The Labute approximate surface area is 103 Å². The summed E-state index contributed by atoms with van der Waals surface area (Å²) in [6.07, 6.45) is 5.96. The molecule has 0 aromatic carbocycles. The number of amides is 1. The van der Waals surface area contributed by atoms with Crippen LogP contribution >= 0.6 is 0 Å². The summed E-state index contributed by atoms with van der Waals surface area (Å²) in [6.45, 7) is 2.60. The monoisotopic (exact) mass is 240 g/mol. The number of hydrogen-bond donors (Lipinski definition) is 3. The fourth-order valence-electron chi connectivity index (χ4n) is 2.91. The van der Waals surface area contributed by atoms with Crippen LogP contribution in [0.25, 0.3) is 0 Å². The maximum Gasteiger partial charge on any atom is 0.224 e. The van der Waals surface area contributed by atoms with Crippen molar-refractivity contribution in [1.29, 1.82) is 0 Å². The van der Waals surface area contributed by atoms with Gasteiger partial charge < -0.3 is 15.7 Å². The van der Waals surface area contributed by atoms with E-state index in [1.165, 1.54) is 0 Å². The summed E-state index contributed by atoms with van der Waals surface area (Å²) in [4.78, 5) is 11.9. The summed E-state index contributed by atoms with van der Waals surface area (Å²) in [6, 6.07) is 0. The maximum atomic E-state index is 11.9. The highest BCUT2D eigenvalue weighted by atomic mass is 16.3. The first-order valence-corrected chi connectivity index (χ1v) is 6.92. The van der Waals surface area contributed by atoms with Gasteiger partial charge in [0.25, 0.3) is 0 Å². The van der Waals surface area contributed by atoms with E-state index in [-0.39, 0.29) is 17.9 Å². The Bertz CT molecular complexity index is 252. The number of rotatable bonds is 3. The van der Waals surface area contributed by atoms with E-state index >= 15 is 0 Å². The van der Waals surface area contributed by atoms with E-state index in [2.05, 4.69) is 10.6 Å². The van der Waals surface area contributed by atoms with Crippen LogP contribution < -0.4 is 10.6 Å². The molecule has 98 valence electrons. The molecule has 0 aromatic rings. The molecule has 4 nitrogen and oxygen atoms in total. The molecular formula is C13H24N2O2. The zero-order valence-corrected chi connectivity index (χ0v) is 10.5. The lowest BCUT2D eigenvalue weighted by molar-refractivity contribution is -0.125. The molecule has 17 heavy (non-hydrogen) atoms. The number of carbonyl (C=O) groups is 1. The Kier molecular flexibility index (Phi) is 4.80. The molecule has 1 saturated heterocycles. The maximum absolute atomic E-state index is 11.9. The van der Waals surface area contributed by atoms with E-state index in [1.807, 2.05) is 0 Å². The van der Waals surface area contributed by atoms with Crippen molar-refractivity contribution >= 4 is 5.91 Å². The van der Waals surface area contributed by atoms with Crippen LogP contribution in [0.5, 0.6) is 0 Å². The van der Waals surface area contributed by atoms with Crippen molar-refractivity contribution in [1.82, 2.24) is 10.6 Å². The molecule has 1 aliphatic heterocycles. The summed E-state index contributed by atoms with van der Waals surface area (Å²) >= 11 is 0. The van der Waals surface area contributed by atoms with Crippen molar-refractivity contribution in [3.63, 3.8) is 0 Å². The van der Waals surface area contributed by atoms with Crippen LogP contribution in [0.4, 0.5) is 0 Å². The van der Waals surface area contributed by atoms with E-state index in [1.54, 1.807) is 0 Å². The third-order valence-corrected chi connectivity index (χ3v) is 3.99. The van der Waals surface area contributed by atoms with Gasteiger partial charge in [0, 0.05) is 13.1 Å². The van der Waals surface area contributed by atoms with E-state index < -0.39 is 0 Å². The number of aliphatic hydroxyl groups is 1. The standard InChI is InChI=1S/C13H24N2O2/c16-12-5-1-3-10(7-12)8-15-13(17)11-4-2-6-14-9-11/h10-12,14,16H,1-9H2,(H,15,17)/t10?,11-,12?/m0/s1. The molecule has 1 saturated carbocycles. The van der Waals surface area contributed by atoms with E-state index in [0.717, 1.165) is 58.2 Å². The van der Waals surface area contributed by atoms with Gasteiger partial charge in [-0.1, -0.05) is 6.42 Å². The van der Waals surface area contributed by atoms with E-state index in [0.29, 0.717) is 5.92 Å². The Hall–Kier alpha value is -0.610. The zero-order chi connectivity index (χ0) is 12.1. The largest absolute Gasteiger partial charge is 0.393 e. The number of nitrogens with one attached hydrogen (secondary N) is 2. The normalized spacial score (nSPS) is 34.3. The van der Waals surface area contributed by atoms with Gasteiger partial charge >= 0.3 is 0 Å². The molecule has 2 unspecified atom stereocenters. The second-order valence-corrected chi connectivity index (χ2v) is 5.47. The van der Waals surface area contributed by atoms with Crippen molar-refractivity contribution in [3.8, 4) is 0 Å². The Balaban J connectivity index is 1.68. The van der Waals surface area contributed by atoms with Gasteiger partial charge in [0.2, 0.25) is 5.91 Å². The Morgan fingerprint density at radius 3 is 2.88 bits per heavy atom. The van der Waals surface area contributed by atoms with Crippen LogP contribution in [0.2, 0.25) is 0 Å². The minimum atomic E-state index is -0.151. The summed E-state index contributed by atoms with van der Waals surface area (Å²) in [5, 5.41) is 15.9. The van der Waals surface area contributed by atoms with Crippen LogP contribution in [-0.2, 0) is 4.79 Å². The first-order chi connectivity index (χ1) is 8.25. The molecule has 3 atom stereocenters. The average molecular weight is 240 g/mol. The highest BCUT2D eigenvalue weighted by Gasteiger charge is 2.23. The van der Waals surface area contributed by atoms with Crippen molar-refractivity contribution < 1.29 is 9.90 Å². The zero-order valence-electron chi connectivity index (χ0n) is 10.5. The van der Waals surface area contributed by atoms with Crippen LogP contribution in [0.3, 0.4) is 0 Å². The molecule has 2 aliphatic rings. The summed E-state index contributed by atoms with van der Waals surface area (Å²) in [5.74, 6) is 0.814. The lowest BCUT2D eigenvalue weighted by Gasteiger charge is -2.27. The molecule has 2 rings (SSSR count). The molecule has 1 aliphatic carbocycles. The smallest absolute Gasteiger partial charge is 0.224 e. The van der Waals surface area contributed by atoms with Crippen LogP contribution in [0, 0.1) is 11.8 Å². The molecule has 1 amide bonds. The molecule has 2 fully saturated rings. The van der Waals surface area contributed by atoms with Gasteiger partial charge in [-0.25, -0.2) is 0 Å². The predicted molar refractivity (Wildman–Crippen MR) is 66.6 cm³/mol. The van der Waals surface area contributed by atoms with Gasteiger partial charge in [-0.2, -0.15) is 0 Å².